The molecule has 8 heteroatoms. The fourth-order valence-corrected chi connectivity index (χ4v) is 7.65. The molecule has 44 heavy (non-hydrogen) atoms. The minimum Gasteiger partial charge on any atom is -0.465 e. The number of aromatic nitrogens is 2. The zero-order valence-electron chi connectivity index (χ0n) is 25.3. The Morgan fingerprint density at radius 1 is 1.00 bits per heavy atom. The number of halogens is 1. The third-order valence-electron chi connectivity index (χ3n) is 9.90. The number of pyridine rings is 1. The predicted octanol–water partition coefficient (Wildman–Crippen LogP) is 8.12. The van der Waals surface area contributed by atoms with Gasteiger partial charge in [0.05, 0.1) is 13.3 Å². The summed E-state index contributed by atoms with van der Waals surface area (Å²) in [6.07, 6.45) is 12.7. The number of esters is 1. The molecule has 2 aliphatic carbocycles. The van der Waals surface area contributed by atoms with Gasteiger partial charge in [-0.15, -0.1) is 0 Å². The number of fused-ring (bicyclic) bond motifs is 1. The number of hydrogen-bond acceptors (Lipinski definition) is 6. The van der Waals surface area contributed by atoms with Gasteiger partial charge in [-0.05, 0) is 85.1 Å². The molecular formula is C36H39ClN4O3. The van der Waals surface area contributed by atoms with Gasteiger partial charge in [-0.25, -0.2) is 9.78 Å². The van der Waals surface area contributed by atoms with E-state index in [9.17, 15) is 4.79 Å². The highest BCUT2D eigenvalue weighted by molar-refractivity contribution is 6.30. The fraction of sp³-hybridized carbons (Fsp3) is 0.389. The number of benzene rings is 2. The van der Waals surface area contributed by atoms with E-state index in [1.54, 1.807) is 17.8 Å². The molecule has 7 nitrogen and oxygen atoms in total. The molecule has 1 aliphatic heterocycles. The van der Waals surface area contributed by atoms with Gasteiger partial charge in [-0.1, -0.05) is 42.1 Å². The summed E-state index contributed by atoms with van der Waals surface area (Å²) in [5, 5.41) is 1.74. The van der Waals surface area contributed by atoms with Crippen molar-refractivity contribution in [3.63, 3.8) is 0 Å². The Kier molecular flexibility index (Phi) is 8.08. The first kappa shape index (κ1) is 28.9. The van der Waals surface area contributed by atoms with Gasteiger partial charge >= 0.3 is 5.97 Å². The van der Waals surface area contributed by atoms with Crippen LogP contribution in [0.3, 0.4) is 0 Å². The van der Waals surface area contributed by atoms with Crippen LogP contribution in [0.25, 0.3) is 16.6 Å². The maximum Gasteiger partial charge on any atom is 0.341 e. The summed E-state index contributed by atoms with van der Waals surface area (Å²) in [7, 11) is 1.39. The number of anilines is 1. The Labute approximate surface area is 263 Å². The van der Waals surface area contributed by atoms with Gasteiger partial charge < -0.3 is 19.4 Å². The quantitative estimate of drug-likeness (QED) is 0.213. The molecule has 0 radical (unpaired) electrons. The van der Waals surface area contributed by atoms with Gasteiger partial charge in [-0.3, -0.25) is 4.90 Å². The number of aromatic amines is 1. The van der Waals surface area contributed by atoms with Crippen LogP contribution in [0, 0.1) is 5.41 Å². The second-order valence-electron chi connectivity index (χ2n) is 12.6. The first-order chi connectivity index (χ1) is 21.5. The van der Waals surface area contributed by atoms with Crippen LogP contribution in [-0.2, 0) is 4.74 Å². The normalized spacial score (nSPS) is 18.7. The average molecular weight is 611 g/mol. The lowest BCUT2D eigenvalue weighted by atomic mass is 9.69. The highest BCUT2D eigenvalue weighted by atomic mass is 35.5. The molecule has 1 saturated carbocycles. The lowest BCUT2D eigenvalue weighted by Crippen LogP contribution is -2.47. The molecule has 3 aliphatic rings. The molecule has 1 spiro atoms. The van der Waals surface area contributed by atoms with E-state index in [0.717, 1.165) is 54.5 Å². The van der Waals surface area contributed by atoms with Crippen molar-refractivity contribution in [1.82, 2.24) is 14.9 Å². The second-order valence-corrected chi connectivity index (χ2v) is 13.0. The Balaban J connectivity index is 1.08. The van der Waals surface area contributed by atoms with Crippen LogP contribution in [0.1, 0.15) is 60.9 Å². The number of hydrogen-bond donors (Lipinski definition) is 1. The molecular weight excluding hydrogens is 572 g/mol. The summed E-state index contributed by atoms with van der Waals surface area (Å²) in [4.78, 5) is 25.1. The van der Waals surface area contributed by atoms with E-state index in [1.807, 2.05) is 42.6 Å². The molecule has 0 amide bonds. The van der Waals surface area contributed by atoms with E-state index >= 15 is 0 Å². The summed E-state index contributed by atoms with van der Waals surface area (Å²) >= 11 is 6.24. The highest BCUT2D eigenvalue weighted by Gasteiger charge is 2.38. The maximum atomic E-state index is 12.6. The van der Waals surface area contributed by atoms with Crippen molar-refractivity contribution in [3.05, 3.63) is 88.7 Å². The summed E-state index contributed by atoms with van der Waals surface area (Å²) in [6, 6.07) is 18.1. The van der Waals surface area contributed by atoms with Crippen LogP contribution in [0.2, 0.25) is 5.02 Å². The summed E-state index contributed by atoms with van der Waals surface area (Å²) in [6.45, 7) is 4.80. The van der Waals surface area contributed by atoms with Crippen LogP contribution in [0.4, 0.5) is 5.69 Å². The molecule has 0 unspecified atom stereocenters. The van der Waals surface area contributed by atoms with Gasteiger partial charge in [0, 0.05) is 61.1 Å². The van der Waals surface area contributed by atoms with Crippen molar-refractivity contribution in [2.45, 2.75) is 44.9 Å². The zero-order chi connectivity index (χ0) is 30.1. The molecule has 1 saturated heterocycles. The molecule has 4 aromatic rings. The molecule has 2 aromatic carbocycles. The highest BCUT2D eigenvalue weighted by Crippen LogP contribution is 2.52. The molecule has 1 N–H and O–H groups in total. The number of piperazine rings is 1. The van der Waals surface area contributed by atoms with E-state index in [2.05, 4.69) is 31.9 Å². The third-order valence-corrected chi connectivity index (χ3v) is 10.2. The van der Waals surface area contributed by atoms with Crippen molar-refractivity contribution in [3.8, 4) is 11.5 Å². The number of carbonyl (C=O) groups is 1. The first-order valence-corrected chi connectivity index (χ1v) is 16.1. The standard InChI is InChI=1S/C36H39ClN4O3/c1-43-35(42)32-9-8-29(21-33(32)44-30-20-26-11-15-38-34(26)39-23-30)41-18-16-40(17-19-41)24-27-22-36(12-2-3-13-36)14-10-31(27)25-4-6-28(37)7-5-25/h4-9,11,15,20-21,23H,2-3,10,12-14,16-19,22,24H2,1H3,(H,38,39). The zero-order valence-corrected chi connectivity index (χ0v) is 26.0. The Morgan fingerprint density at radius 3 is 2.57 bits per heavy atom. The van der Waals surface area contributed by atoms with Gasteiger partial charge in [0.2, 0.25) is 0 Å². The topological polar surface area (TPSA) is 70.7 Å². The van der Waals surface area contributed by atoms with Gasteiger partial charge in [-0.2, -0.15) is 0 Å². The van der Waals surface area contributed by atoms with Crippen molar-refractivity contribution >= 4 is 39.9 Å². The minimum atomic E-state index is -0.427. The van der Waals surface area contributed by atoms with Crippen molar-refractivity contribution in [2.24, 2.45) is 5.41 Å². The van der Waals surface area contributed by atoms with Gasteiger partial charge in [0.25, 0.3) is 0 Å². The predicted molar refractivity (Wildman–Crippen MR) is 176 cm³/mol. The summed E-state index contributed by atoms with van der Waals surface area (Å²) in [5.41, 5.74) is 7.22. The smallest absolute Gasteiger partial charge is 0.341 e. The summed E-state index contributed by atoms with van der Waals surface area (Å²) < 4.78 is 11.3. The second kappa shape index (κ2) is 12.3. The SMILES string of the molecule is COC(=O)c1ccc(N2CCN(CC3=C(c4ccc(Cl)cc4)CCC4(CCCC4)C3)CC2)cc1Oc1cnc2[nH]ccc2c1. The van der Waals surface area contributed by atoms with Crippen molar-refractivity contribution in [2.75, 3.05) is 44.7 Å². The first-order valence-electron chi connectivity index (χ1n) is 15.8. The number of carbonyl (C=O) groups excluding carboxylic acids is 1. The van der Waals surface area contributed by atoms with Crippen LogP contribution in [0.15, 0.2) is 72.6 Å². The Morgan fingerprint density at radius 2 is 1.80 bits per heavy atom. The number of nitrogens with one attached hydrogen (secondary N) is 1. The molecule has 7 rings (SSSR count). The number of H-pyrrole nitrogens is 1. The number of methoxy groups -OCH3 is 1. The number of ether oxygens (including phenoxy) is 2. The van der Waals surface area contributed by atoms with Crippen molar-refractivity contribution in [1.29, 1.82) is 0 Å². The van der Waals surface area contributed by atoms with E-state index in [1.165, 1.54) is 63.2 Å². The van der Waals surface area contributed by atoms with Crippen LogP contribution < -0.4 is 9.64 Å². The lowest BCUT2D eigenvalue weighted by molar-refractivity contribution is 0.0598. The fourth-order valence-electron chi connectivity index (χ4n) is 7.52. The van der Waals surface area contributed by atoms with Crippen molar-refractivity contribution < 1.29 is 14.3 Å². The monoisotopic (exact) mass is 610 g/mol. The largest absolute Gasteiger partial charge is 0.465 e. The van der Waals surface area contributed by atoms with E-state index < -0.39 is 5.97 Å². The number of allylic oxidation sites excluding steroid dienone is 1. The Bertz CT molecular complexity index is 1680. The molecule has 2 aromatic heterocycles. The number of rotatable bonds is 7. The third kappa shape index (κ3) is 5.95. The van der Waals surface area contributed by atoms with Gasteiger partial charge in [0.1, 0.15) is 22.7 Å². The van der Waals surface area contributed by atoms with E-state index in [-0.39, 0.29) is 0 Å². The van der Waals surface area contributed by atoms with Crippen LogP contribution in [0.5, 0.6) is 11.5 Å². The molecule has 228 valence electrons. The Hall–Kier alpha value is -3.81. The lowest BCUT2D eigenvalue weighted by Gasteiger charge is -2.41. The summed E-state index contributed by atoms with van der Waals surface area (Å²) in [5.74, 6) is 0.612. The van der Waals surface area contributed by atoms with E-state index in [4.69, 9.17) is 21.1 Å². The molecule has 2 fully saturated rings. The molecule has 3 heterocycles. The van der Waals surface area contributed by atoms with Crippen LogP contribution >= 0.6 is 11.6 Å². The number of nitrogens with zero attached hydrogens (tertiary/aromatic N) is 3. The maximum absolute atomic E-state index is 12.6. The molecule has 0 atom stereocenters. The minimum absolute atomic E-state index is 0.392. The van der Waals surface area contributed by atoms with Gasteiger partial charge in [0.15, 0.2) is 0 Å². The average Bonchev–Trinajstić information content (AvgIpc) is 3.71. The van der Waals surface area contributed by atoms with Crippen LogP contribution in [-0.4, -0.2) is 60.7 Å². The molecule has 0 bridgehead atoms. The van der Waals surface area contributed by atoms with E-state index in [0.29, 0.717) is 22.5 Å².